The lowest BCUT2D eigenvalue weighted by atomic mass is 9.53. The van der Waals surface area contributed by atoms with Crippen molar-refractivity contribution in [1.82, 2.24) is 0 Å². The molecule has 0 unspecified atom stereocenters. The van der Waals surface area contributed by atoms with Gasteiger partial charge in [0.1, 0.15) is 11.7 Å². The number of allylic oxidation sites excluding steroid dienone is 1. The first-order valence-electron chi connectivity index (χ1n) is 9.03. The van der Waals surface area contributed by atoms with Crippen molar-refractivity contribution in [3.8, 4) is 12.1 Å². The summed E-state index contributed by atoms with van der Waals surface area (Å²) in [6.07, 6.45) is 2.51. The number of hydrogen-bond acceptors (Lipinski definition) is 5. The highest BCUT2D eigenvalue weighted by atomic mass is 16.7. The van der Waals surface area contributed by atoms with E-state index in [-0.39, 0.29) is 11.9 Å². The van der Waals surface area contributed by atoms with Crippen molar-refractivity contribution in [1.29, 1.82) is 10.5 Å². The van der Waals surface area contributed by atoms with Crippen LogP contribution in [0.4, 0.5) is 0 Å². The minimum absolute atomic E-state index is 0.207. The van der Waals surface area contributed by atoms with E-state index in [1.807, 2.05) is 30.3 Å². The van der Waals surface area contributed by atoms with Crippen LogP contribution in [0.2, 0.25) is 0 Å². The van der Waals surface area contributed by atoms with Gasteiger partial charge in [-0.25, -0.2) is 4.99 Å². The zero-order valence-corrected chi connectivity index (χ0v) is 15.5. The molecule has 0 fully saturated rings. The number of rotatable bonds is 3. The number of nitriles is 2. The first-order valence-corrected chi connectivity index (χ1v) is 9.03. The van der Waals surface area contributed by atoms with Gasteiger partial charge in [0.25, 0.3) is 5.84 Å². The minimum Gasteiger partial charge on any atom is -0.316 e. The molecule has 1 aromatic rings. The van der Waals surface area contributed by atoms with Gasteiger partial charge in [-0.15, -0.1) is 0 Å². The van der Waals surface area contributed by atoms with Crippen LogP contribution >= 0.6 is 0 Å². The van der Waals surface area contributed by atoms with Crippen LogP contribution in [0.15, 0.2) is 41.6 Å². The molecule has 7 heteroatoms. The van der Waals surface area contributed by atoms with Gasteiger partial charge in [-0.1, -0.05) is 30.3 Å². The largest absolute Gasteiger partial charge is 0.346 e. The van der Waals surface area contributed by atoms with Crippen LogP contribution < -0.4 is 16.0 Å². The van der Waals surface area contributed by atoms with Gasteiger partial charge in [-0.05, 0) is 12.8 Å². The van der Waals surface area contributed by atoms with Crippen molar-refractivity contribution in [2.45, 2.75) is 31.2 Å². The number of hydrogen-bond donors (Lipinski definition) is 3. The molecule has 0 saturated carbocycles. The van der Waals surface area contributed by atoms with Gasteiger partial charge in [0.15, 0.2) is 0 Å². The van der Waals surface area contributed by atoms with Crippen molar-refractivity contribution in [3.05, 3.63) is 47.2 Å². The molecular formula is C20H23N5O2+2. The summed E-state index contributed by atoms with van der Waals surface area (Å²) in [5, 5.41) is 23.2. The SMILES string of the molecule is COC1(OC)[NH+]=C(N)[C@@]2(C#N)[C@@H](c3ccccc3)[NH2+]C3=C(CCC3)[C@]12C#N. The molecule has 138 valence electrons. The lowest BCUT2D eigenvalue weighted by molar-refractivity contribution is -0.699. The Balaban J connectivity index is 2.10. The van der Waals surface area contributed by atoms with E-state index < -0.39 is 16.7 Å². The van der Waals surface area contributed by atoms with E-state index in [2.05, 4.69) is 22.4 Å². The monoisotopic (exact) mass is 365 g/mol. The molecule has 2 aliphatic heterocycles. The number of nitrogens with one attached hydrogen (secondary N) is 1. The van der Waals surface area contributed by atoms with Crippen LogP contribution in [-0.4, -0.2) is 26.0 Å². The van der Waals surface area contributed by atoms with Gasteiger partial charge < -0.3 is 14.8 Å². The van der Waals surface area contributed by atoms with Crippen LogP contribution in [0.5, 0.6) is 0 Å². The predicted octanol–water partition coefficient (Wildman–Crippen LogP) is -0.839. The average Bonchev–Trinajstić information content (AvgIpc) is 3.27. The van der Waals surface area contributed by atoms with Crippen molar-refractivity contribution in [3.63, 3.8) is 0 Å². The third-order valence-electron chi connectivity index (χ3n) is 6.43. The lowest BCUT2D eigenvalue weighted by Crippen LogP contribution is -2.92. The normalized spacial score (nSPS) is 33.6. The van der Waals surface area contributed by atoms with E-state index in [4.69, 9.17) is 15.2 Å². The molecule has 0 radical (unpaired) electrons. The molecule has 27 heavy (non-hydrogen) atoms. The van der Waals surface area contributed by atoms with Crippen LogP contribution in [0.3, 0.4) is 0 Å². The molecule has 0 amide bonds. The summed E-state index contributed by atoms with van der Waals surface area (Å²) in [4.78, 5) is 3.06. The maximum Gasteiger partial charge on any atom is 0.346 e. The second-order valence-electron chi connectivity index (χ2n) is 7.26. The van der Waals surface area contributed by atoms with Crippen molar-refractivity contribution < 1.29 is 19.8 Å². The van der Waals surface area contributed by atoms with Crippen LogP contribution in [0, 0.1) is 33.5 Å². The molecule has 4 rings (SSSR count). The topological polar surface area (TPSA) is 123 Å². The number of amidine groups is 1. The van der Waals surface area contributed by atoms with E-state index in [0.717, 1.165) is 29.7 Å². The van der Waals surface area contributed by atoms with E-state index in [0.29, 0.717) is 6.42 Å². The smallest absolute Gasteiger partial charge is 0.316 e. The van der Waals surface area contributed by atoms with Gasteiger partial charge in [-0.2, -0.15) is 10.5 Å². The maximum absolute atomic E-state index is 10.6. The highest BCUT2D eigenvalue weighted by Crippen LogP contribution is 2.61. The van der Waals surface area contributed by atoms with E-state index in [9.17, 15) is 10.5 Å². The summed E-state index contributed by atoms with van der Waals surface area (Å²) in [5.41, 5.74) is 6.66. The fourth-order valence-electron chi connectivity index (χ4n) is 5.32. The maximum atomic E-state index is 10.6. The molecule has 2 heterocycles. The van der Waals surface area contributed by atoms with Crippen LogP contribution in [0.1, 0.15) is 30.9 Å². The number of benzene rings is 1. The molecule has 3 aliphatic rings. The Morgan fingerprint density at radius 3 is 2.44 bits per heavy atom. The molecule has 0 bridgehead atoms. The molecule has 0 saturated heterocycles. The number of ether oxygens (including phenoxy) is 2. The van der Waals surface area contributed by atoms with Crippen molar-refractivity contribution in [2.24, 2.45) is 16.6 Å². The minimum atomic E-state index is -1.52. The number of methoxy groups -OCH3 is 2. The second kappa shape index (κ2) is 5.90. The molecule has 0 aromatic heterocycles. The molecule has 1 aliphatic carbocycles. The van der Waals surface area contributed by atoms with Gasteiger partial charge in [0, 0.05) is 31.8 Å². The van der Waals surface area contributed by atoms with E-state index in [1.54, 1.807) is 0 Å². The van der Waals surface area contributed by atoms with Gasteiger partial charge >= 0.3 is 5.91 Å². The third-order valence-corrected chi connectivity index (χ3v) is 6.43. The Morgan fingerprint density at radius 2 is 1.85 bits per heavy atom. The summed E-state index contributed by atoms with van der Waals surface area (Å²) in [7, 11) is 2.95. The number of nitrogens with zero attached hydrogens (tertiary/aromatic N) is 2. The third kappa shape index (κ3) is 1.81. The van der Waals surface area contributed by atoms with Crippen LogP contribution in [-0.2, 0) is 9.47 Å². The zero-order valence-electron chi connectivity index (χ0n) is 15.5. The zero-order chi connectivity index (χ0) is 19.3. The highest BCUT2D eigenvalue weighted by molar-refractivity contribution is 5.90. The van der Waals surface area contributed by atoms with Gasteiger partial charge in [0.2, 0.25) is 10.8 Å². The van der Waals surface area contributed by atoms with Crippen molar-refractivity contribution in [2.75, 3.05) is 14.2 Å². The second-order valence-corrected chi connectivity index (χ2v) is 7.26. The molecule has 7 nitrogen and oxygen atoms in total. The quantitative estimate of drug-likeness (QED) is 0.603. The average molecular weight is 365 g/mol. The Morgan fingerprint density at radius 1 is 1.15 bits per heavy atom. The summed E-state index contributed by atoms with van der Waals surface area (Å²) in [5.74, 6) is -1.31. The molecule has 3 atom stereocenters. The van der Waals surface area contributed by atoms with E-state index in [1.165, 1.54) is 14.2 Å². The Labute approximate surface area is 158 Å². The number of fused-ring (bicyclic) bond motifs is 2. The summed E-state index contributed by atoms with van der Waals surface area (Å²) in [6.45, 7) is 0. The Bertz CT molecular complexity index is 922. The van der Waals surface area contributed by atoms with Gasteiger partial charge in [-0.3, -0.25) is 5.73 Å². The first kappa shape index (κ1) is 17.7. The molecule has 1 aromatic carbocycles. The molecule has 0 spiro atoms. The van der Waals surface area contributed by atoms with Crippen LogP contribution in [0.25, 0.3) is 0 Å². The predicted molar refractivity (Wildman–Crippen MR) is 95.0 cm³/mol. The molecule has 5 N–H and O–H groups in total. The first-order chi connectivity index (χ1) is 13.1. The fourth-order valence-corrected chi connectivity index (χ4v) is 5.32. The van der Waals surface area contributed by atoms with Crippen molar-refractivity contribution >= 4 is 5.84 Å². The van der Waals surface area contributed by atoms with Gasteiger partial charge in [0.05, 0.1) is 12.1 Å². The Hall–Kier alpha value is -2.71. The summed E-state index contributed by atoms with van der Waals surface area (Å²) in [6, 6.07) is 14.2. The number of quaternary nitrogens is 1. The molecular weight excluding hydrogens is 342 g/mol. The Kier molecular flexibility index (Phi) is 3.87. The lowest BCUT2D eigenvalue weighted by Gasteiger charge is -2.46. The standard InChI is InChI=1S/C20H21N5O2/c1-26-20(27-2)19(12-22)14-9-6-10-15(14)24-16(13-7-4-3-5-8-13)18(19,11-21)17(23)25-20/h3-5,7-8,16,24H,6,9-10H2,1-2H3,(H2,23,25)/p+2/t16-,18-,19+/m1/s1. The fraction of sp³-hybridized carbons (Fsp3) is 0.450. The summed E-state index contributed by atoms with van der Waals surface area (Å²) >= 11 is 0. The van der Waals surface area contributed by atoms with E-state index >= 15 is 0 Å². The highest BCUT2D eigenvalue weighted by Gasteiger charge is 2.84. The summed E-state index contributed by atoms with van der Waals surface area (Å²) < 4.78 is 11.5. The number of nitrogens with two attached hydrogens (primary N) is 2.